The molecule has 0 fully saturated rings. The van der Waals surface area contributed by atoms with E-state index in [2.05, 4.69) is 14.8 Å². The van der Waals surface area contributed by atoms with E-state index in [0.717, 1.165) is 0 Å². The van der Waals surface area contributed by atoms with Gasteiger partial charge >= 0.3 is 6.29 Å². The Hall–Kier alpha value is -1.56. The number of rotatable bonds is 3. The topological polar surface area (TPSA) is 47.6 Å². The van der Waals surface area contributed by atoms with E-state index in [1.807, 2.05) is 0 Å². The number of halogens is 3. The van der Waals surface area contributed by atoms with E-state index in [9.17, 15) is 13.6 Å². The molecule has 0 aliphatic carbocycles. The van der Waals surface area contributed by atoms with Gasteiger partial charge in [-0.05, 0) is 26.0 Å². The minimum atomic E-state index is -3.67. The van der Waals surface area contributed by atoms with Crippen LogP contribution in [0, 0.1) is 5.41 Å². The molecule has 1 amide bonds. The molecule has 7 heteroatoms. The van der Waals surface area contributed by atoms with Crippen molar-refractivity contribution in [2.75, 3.05) is 11.2 Å². The Bertz CT molecular complexity index is 520. The minimum absolute atomic E-state index is 0.0698. The first-order valence-electron chi connectivity index (χ1n) is 5.51. The zero-order chi connectivity index (χ0) is 14.3. The molecule has 104 valence electrons. The molecule has 4 nitrogen and oxygen atoms in total. The summed E-state index contributed by atoms with van der Waals surface area (Å²) in [7, 11) is 0. The SMILES string of the molecule is CC(C)(CCl)C(=O)Nc1ccc2c(c1)OC(F)(F)O2. The zero-order valence-electron chi connectivity index (χ0n) is 10.3. The van der Waals surface area contributed by atoms with Crippen LogP contribution in [0.5, 0.6) is 11.5 Å². The Morgan fingerprint density at radius 1 is 1.37 bits per heavy atom. The maximum Gasteiger partial charge on any atom is 0.586 e. The van der Waals surface area contributed by atoms with Gasteiger partial charge in [0, 0.05) is 17.6 Å². The van der Waals surface area contributed by atoms with Crippen LogP contribution in [0.1, 0.15) is 13.8 Å². The second-order valence-electron chi connectivity index (χ2n) is 4.80. The van der Waals surface area contributed by atoms with Crippen molar-refractivity contribution in [2.24, 2.45) is 5.41 Å². The van der Waals surface area contributed by atoms with Gasteiger partial charge in [0.05, 0.1) is 5.41 Å². The number of nitrogens with one attached hydrogen (secondary N) is 1. The number of hydrogen-bond acceptors (Lipinski definition) is 3. The van der Waals surface area contributed by atoms with Gasteiger partial charge in [-0.25, -0.2) is 0 Å². The van der Waals surface area contributed by atoms with Gasteiger partial charge in [-0.3, -0.25) is 4.79 Å². The van der Waals surface area contributed by atoms with Gasteiger partial charge < -0.3 is 14.8 Å². The number of fused-ring (bicyclic) bond motifs is 1. The summed E-state index contributed by atoms with van der Waals surface area (Å²) in [6.45, 7) is 3.35. The third-order valence-electron chi connectivity index (χ3n) is 2.61. The zero-order valence-corrected chi connectivity index (χ0v) is 11.1. The Kier molecular flexibility index (Phi) is 3.30. The summed E-state index contributed by atoms with van der Waals surface area (Å²) >= 11 is 5.68. The molecule has 0 aromatic heterocycles. The van der Waals surface area contributed by atoms with Crippen LogP contribution in [0.2, 0.25) is 0 Å². The van der Waals surface area contributed by atoms with Crippen molar-refractivity contribution in [3.63, 3.8) is 0 Å². The number of amides is 1. The first-order chi connectivity index (χ1) is 8.73. The summed E-state index contributed by atoms with van der Waals surface area (Å²) in [5.74, 6) is -0.360. The third-order valence-corrected chi connectivity index (χ3v) is 3.28. The van der Waals surface area contributed by atoms with Gasteiger partial charge in [-0.15, -0.1) is 20.4 Å². The molecule has 1 aromatic carbocycles. The van der Waals surface area contributed by atoms with Gasteiger partial charge in [0.1, 0.15) is 0 Å². The van der Waals surface area contributed by atoms with Gasteiger partial charge in [0.2, 0.25) is 5.91 Å². The van der Waals surface area contributed by atoms with Crippen LogP contribution in [-0.2, 0) is 4.79 Å². The number of ether oxygens (including phenoxy) is 2. The van der Waals surface area contributed by atoms with E-state index in [-0.39, 0.29) is 23.3 Å². The molecule has 19 heavy (non-hydrogen) atoms. The highest BCUT2D eigenvalue weighted by molar-refractivity contribution is 6.20. The van der Waals surface area contributed by atoms with Crippen LogP contribution in [0.3, 0.4) is 0 Å². The van der Waals surface area contributed by atoms with Gasteiger partial charge in [-0.1, -0.05) is 0 Å². The lowest BCUT2D eigenvalue weighted by Crippen LogP contribution is -2.32. The number of carbonyl (C=O) groups is 1. The molecule has 0 spiro atoms. The summed E-state index contributed by atoms with van der Waals surface area (Å²) in [5.41, 5.74) is -0.426. The normalized spacial score (nSPS) is 16.3. The van der Waals surface area contributed by atoms with Crippen LogP contribution < -0.4 is 14.8 Å². The summed E-state index contributed by atoms with van der Waals surface area (Å²) in [5, 5.41) is 2.59. The Morgan fingerprint density at radius 3 is 2.63 bits per heavy atom. The van der Waals surface area contributed by atoms with Crippen LogP contribution in [0.25, 0.3) is 0 Å². The largest absolute Gasteiger partial charge is 0.586 e. The number of benzene rings is 1. The average Bonchev–Trinajstić information content (AvgIpc) is 2.62. The summed E-state index contributed by atoms with van der Waals surface area (Å²) in [4.78, 5) is 11.9. The molecule has 0 saturated heterocycles. The highest BCUT2D eigenvalue weighted by Crippen LogP contribution is 2.42. The molecule has 1 aromatic rings. The number of hydrogen-bond donors (Lipinski definition) is 1. The number of alkyl halides is 3. The summed E-state index contributed by atoms with van der Waals surface area (Å²) < 4.78 is 34.2. The van der Waals surface area contributed by atoms with Gasteiger partial charge in [-0.2, -0.15) is 0 Å². The molecule has 1 aliphatic heterocycles. The molecule has 0 bridgehead atoms. The smallest absolute Gasteiger partial charge is 0.395 e. The standard InChI is InChI=1S/C12H12ClF2NO3/c1-11(2,6-13)10(17)16-7-3-4-8-9(5-7)19-12(14,15)18-8/h3-5H,6H2,1-2H3,(H,16,17). The molecular weight excluding hydrogens is 280 g/mol. The number of carbonyl (C=O) groups excluding carboxylic acids is 1. The lowest BCUT2D eigenvalue weighted by atomic mass is 9.95. The van der Waals surface area contributed by atoms with E-state index in [4.69, 9.17) is 11.6 Å². The van der Waals surface area contributed by atoms with Crippen LogP contribution in [0.4, 0.5) is 14.5 Å². The second kappa shape index (κ2) is 4.52. The lowest BCUT2D eigenvalue weighted by Gasteiger charge is -2.20. The van der Waals surface area contributed by atoms with E-state index >= 15 is 0 Å². The van der Waals surface area contributed by atoms with E-state index in [0.29, 0.717) is 5.69 Å². The third kappa shape index (κ3) is 2.89. The first kappa shape index (κ1) is 13.9. The fourth-order valence-electron chi connectivity index (χ4n) is 1.39. The minimum Gasteiger partial charge on any atom is -0.395 e. The van der Waals surface area contributed by atoms with E-state index in [1.54, 1.807) is 13.8 Å². The molecule has 1 N–H and O–H groups in total. The quantitative estimate of drug-likeness (QED) is 0.870. The van der Waals surface area contributed by atoms with Gasteiger partial charge in [0.15, 0.2) is 11.5 Å². The predicted octanol–water partition coefficient (Wildman–Crippen LogP) is 3.21. The van der Waals surface area contributed by atoms with Crippen molar-refractivity contribution >= 4 is 23.2 Å². The van der Waals surface area contributed by atoms with Crippen molar-refractivity contribution in [3.05, 3.63) is 18.2 Å². The molecule has 1 aliphatic rings. The Labute approximate surface area is 113 Å². The van der Waals surface area contributed by atoms with Crippen molar-refractivity contribution < 1.29 is 23.0 Å². The van der Waals surface area contributed by atoms with Crippen LogP contribution >= 0.6 is 11.6 Å². The molecule has 0 atom stereocenters. The molecule has 2 rings (SSSR count). The molecule has 1 heterocycles. The summed E-state index contributed by atoms with van der Waals surface area (Å²) in [6, 6.07) is 4.03. The molecular formula is C12H12ClF2NO3. The first-order valence-corrected chi connectivity index (χ1v) is 6.04. The highest BCUT2D eigenvalue weighted by Gasteiger charge is 2.43. The fraction of sp³-hybridized carbons (Fsp3) is 0.417. The molecule has 0 radical (unpaired) electrons. The lowest BCUT2D eigenvalue weighted by molar-refractivity contribution is -0.286. The monoisotopic (exact) mass is 291 g/mol. The number of anilines is 1. The van der Waals surface area contributed by atoms with Crippen molar-refractivity contribution in [1.82, 2.24) is 0 Å². The van der Waals surface area contributed by atoms with Crippen molar-refractivity contribution in [1.29, 1.82) is 0 Å². The van der Waals surface area contributed by atoms with Crippen molar-refractivity contribution in [2.45, 2.75) is 20.1 Å². The Balaban J connectivity index is 2.15. The predicted molar refractivity (Wildman–Crippen MR) is 65.8 cm³/mol. The Morgan fingerprint density at radius 2 is 2.00 bits per heavy atom. The molecule has 0 unspecified atom stereocenters. The maximum absolute atomic E-state index is 12.8. The van der Waals surface area contributed by atoms with E-state index < -0.39 is 11.7 Å². The average molecular weight is 292 g/mol. The van der Waals surface area contributed by atoms with Crippen LogP contribution in [-0.4, -0.2) is 18.1 Å². The highest BCUT2D eigenvalue weighted by atomic mass is 35.5. The van der Waals surface area contributed by atoms with Crippen molar-refractivity contribution in [3.8, 4) is 11.5 Å². The fourth-order valence-corrected chi connectivity index (χ4v) is 1.51. The molecule has 0 saturated carbocycles. The van der Waals surface area contributed by atoms with E-state index in [1.165, 1.54) is 18.2 Å². The maximum atomic E-state index is 12.8. The summed E-state index contributed by atoms with van der Waals surface area (Å²) in [6.07, 6.45) is -3.67. The second-order valence-corrected chi connectivity index (χ2v) is 5.07. The van der Waals surface area contributed by atoms with Crippen LogP contribution in [0.15, 0.2) is 18.2 Å². The van der Waals surface area contributed by atoms with Gasteiger partial charge in [0.25, 0.3) is 0 Å².